The van der Waals surface area contributed by atoms with E-state index in [0.29, 0.717) is 12.0 Å². The quantitative estimate of drug-likeness (QED) is 0.339. The van der Waals surface area contributed by atoms with E-state index in [-0.39, 0.29) is 17.9 Å². The number of piperidine rings is 1. The molecule has 2 atom stereocenters. The SMILES string of the molecule is Cl.NCCCCCCCNc1nc(C2CCNC(c3ccccc3)C2)c2[nH]ccc2n1.O. The Morgan fingerprint density at radius 3 is 2.59 bits per heavy atom. The van der Waals surface area contributed by atoms with Gasteiger partial charge in [-0.15, -0.1) is 12.4 Å². The molecule has 1 aromatic carbocycles. The van der Waals surface area contributed by atoms with Crippen LogP contribution in [0.25, 0.3) is 11.0 Å². The lowest BCUT2D eigenvalue weighted by Gasteiger charge is -2.30. The van der Waals surface area contributed by atoms with Crippen LogP contribution in [-0.4, -0.2) is 40.1 Å². The molecule has 3 heterocycles. The van der Waals surface area contributed by atoms with Crippen LogP contribution in [0, 0.1) is 0 Å². The number of aromatic nitrogens is 3. The first-order valence-electron chi connectivity index (χ1n) is 11.4. The smallest absolute Gasteiger partial charge is 0.223 e. The maximum atomic E-state index is 5.56. The van der Waals surface area contributed by atoms with Gasteiger partial charge in [0.2, 0.25) is 5.95 Å². The molecule has 3 aromatic rings. The zero-order valence-electron chi connectivity index (χ0n) is 18.6. The summed E-state index contributed by atoms with van der Waals surface area (Å²) in [6.45, 7) is 2.71. The van der Waals surface area contributed by atoms with Crippen LogP contribution >= 0.6 is 12.4 Å². The second kappa shape index (κ2) is 13.4. The summed E-state index contributed by atoms with van der Waals surface area (Å²) in [5, 5.41) is 7.14. The summed E-state index contributed by atoms with van der Waals surface area (Å²) in [5.74, 6) is 1.17. The fraction of sp³-hybridized carbons (Fsp3) is 0.500. The molecule has 7 N–H and O–H groups in total. The van der Waals surface area contributed by atoms with Crippen LogP contribution in [-0.2, 0) is 0 Å². The Bertz CT molecular complexity index is 919. The van der Waals surface area contributed by atoms with E-state index >= 15 is 0 Å². The van der Waals surface area contributed by atoms with E-state index in [9.17, 15) is 0 Å². The number of aromatic amines is 1. The van der Waals surface area contributed by atoms with Crippen LogP contribution in [0.1, 0.15) is 68.2 Å². The van der Waals surface area contributed by atoms with E-state index in [1.165, 1.54) is 24.8 Å². The first-order chi connectivity index (χ1) is 14.8. The van der Waals surface area contributed by atoms with E-state index in [1.807, 2.05) is 12.3 Å². The van der Waals surface area contributed by atoms with Crippen molar-refractivity contribution >= 4 is 29.4 Å². The minimum Gasteiger partial charge on any atom is -0.412 e. The largest absolute Gasteiger partial charge is 0.412 e. The lowest BCUT2D eigenvalue weighted by molar-refractivity contribution is 0.366. The summed E-state index contributed by atoms with van der Waals surface area (Å²) < 4.78 is 0. The number of benzene rings is 1. The molecule has 7 nitrogen and oxygen atoms in total. The van der Waals surface area contributed by atoms with Crippen molar-refractivity contribution in [1.82, 2.24) is 20.3 Å². The van der Waals surface area contributed by atoms with Gasteiger partial charge in [0.25, 0.3) is 0 Å². The molecule has 4 rings (SSSR count). The van der Waals surface area contributed by atoms with Gasteiger partial charge in [0, 0.05) is 24.7 Å². The van der Waals surface area contributed by atoms with Crippen molar-refractivity contribution in [3.63, 3.8) is 0 Å². The fourth-order valence-corrected chi connectivity index (χ4v) is 4.45. The van der Waals surface area contributed by atoms with Crippen molar-refractivity contribution in [2.24, 2.45) is 5.73 Å². The minimum absolute atomic E-state index is 0. The number of H-pyrrole nitrogens is 1. The molecule has 0 bridgehead atoms. The predicted octanol–water partition coefficient (Wildman–Crippen LogP) is 4.08. The third-order valence-electron chi connectivity index (χ3n) is 6.09. The third-order valence-corrected chi connectivity index (χ3v) is 6.09. The summed E-state index contributed by atoms with van der Waals surface area (Å²) in [4.78, 5) is 13.1. The molecule has 0 amide bonds. The normalized spacial score (nSPS) is 18.0. The molecule has 1 saturated heterocycles. The summed E-state index contributed by atoms with van der Waals surface area (Å²) in [5.41, 5.74) is 10.2. The van der Waals surface area contributed by atoms with Gasteiger partial charge in [0.1, 0.15) is 0 Å². The average molecular weight is 461 g/mol. The highest BCUT2D eigenvalue weighted by Gasteiger charge is 2.27. The number of rotatable bonds is 10. The van der Waals surface area contributed by atoms with E-state index in [4.69, 9.17) is 15.7 Å². The van der Waals surface area contributed by atoms with E-state index in [0.717, 1.165) is 68.0 Å². The number of anilines is 1. The predicted molar refractivity (Wildman–Crippen MR) is 135 cm³/mol. The van der Waals surface area contributed by atoms with Gasteiger partial charge in [-0.25, -0.2) is 9.97 Å². The van der Waals surface area contributed by atoms with Crippen molar-refractivity contribution in [3.05, 3.63) is 53.9 Å². The highest BCUT2D eigenvalue weighted by atomic mass is 35.5. The second-order valence-corrected chi connectivity index (χ2v) is 8.29. The molecule has 0 spiro atoms. The van der Waals surface area contributed by atoms with Crippen molar-refractivity contribution in [2.45, 2.75) is 56.9 Å². The molecule has 0 radical (unpaired) electrons. The fourth-order valence-electron chi connectivity index (χ4n) is 4.45. The van der Waals surface area contributed by atoms with E-state index < -0.39 is 0 Å². The highest BCUT2D eigenvalue weighted by molar-refractivity contribution is 5.85. The highest BCUT2D eigenvalue weighted by Crippen LogP contribution is 2.36. The van der Waals surface area contributed by atoms with Gasteiger partial charge < -0.3 is 26.8 Å². The molecular formula is C24H37ClN6O. The molecule has 1 fully saturated rings. The molecule has 2 unspecified atom stereocenters. The minimum atomic E-state index is 0. The van der Waals surface area contributed by atoms with Crippen LogP contribution < -0.4 is 16.4 Å². The summed E-state index contributed by atoms with van der Waals surface area (Å²) in [6, 6.07) is 13.2. The standard InChI is InChI=1S/C24H34N6.ClH.H2O/c25-13-7-2-1-3-8-14-28-24-29-20-12-16-27-23(20)22(30-24)19-11-15-26-21(17-19)18-9-5-4-6-10-18;;/h4-6,9-10,12,16,19,21,26-27H,1-3,7-8,11,13-15,17,25H2,(H,28,29,30);1H;1H2. The number of hydrogen-bond donors (Lipinski definition) is 4. The molecular weight excluding hydrogens is 424 g/mol. The second-order valence-electron chi connectivity index (χ2n) is 8.29. The maximum Gasteiger partial charge on any atom is 0.223 e. The Morgan fingerprint density at radius 1 is 1.00 bits per heavy atom. The number of unbranched alkanes of at least 4 members (excludes halogenated alkanes) is 4. The summed E-state index contributed by atoms with van der Waals surface area (Å²) in [6.07, 6.45) is 10.1. The molecule has 8 heteroatoms. The Balaban J connectivity index is 0.00000181. The van der Waals surface area contributed by atoms with Crippen molar-refractivity contribution < 1.29 is 5.48 Å². The first-order valence-corrected chi connectivity index (χ1v) is 11.4. The number of hydrogen-bond acceptors (Lipinski definition) is 5. The number of nitrogens with one attached hydrogen (secondary N) is 3. The van der Waals surface area contributed by atoms with Crippen LogP contribution in [0.3, 0.4) is 0 Å². The van der Waals surface area contributed by atoms with E-state index in [1.54, 1.807) is 0 Å². The number of halogens is 1. The summed E-state index contributed by atoms with van der Waals surface area (Å²) in [7, 11) is 0. The Kier molecular flexibility index (Phi) is 10.9. The third kappa shape index (κ3) is 6.65. The van der Waals surface area contributed by atoms with Gasteiger partial charge in [-0.2, -0.15) is 0 Å². The van der Waals surface area contributed by atoms with Crippen LogP contribution in [0.4, 0.5) is 5.95 Å². The summed E-state index contributed by atoms with van der Waals surface area (Å²) >= 11 is 0. The molecule has 2 aromatic heterocycles. The van der Waals surface area contributed by atoms with Gasteiger partial charge in [0.15, 0.2) is 0 Å². The zero-order valence-corrected chi connectivity index (χ0v) is 19.5. The molecule has 1 aliphatic heterocycles. The monoisotopic (exact) mass is 460 g/mol. The van der Waals surface area contributed by atoms with Crippen molar-refractivity contribution in [3.8, 4) is 0 Å². The van der Waals surface area contributed by atoms with Gasteiger partial charge in [-0.05, 0) is 50.4 Å². The topological polar surface area (TPSA) is 123 Å². The molecule has 176 valence electrons. The van der Waals surface area contributed by atoms with Crippen LogP contribution in [0.2, 0.25) is 0 Å². The molecule has 1 aliphatic rings. The lowest BCUT2D eigenvalue weighted by Crippen LogP contribution is -2.31. The Morgan fingerprint density at radius 2 is 1.78 bits per heavy atom. The number of nitrogens with zero attached hydrogens (tertiary/aromatic N) is 2. The Labute approximate surface area is 196 Å². The lowest BCUT2D eigenvalue weighted by atomic mass is 9.86. The Hall–Kier alpha value is -2.19. The van der Waals surface area contributed by atoms with Gasteiger partial charge in [-0.3, -0.25) is 0 Å². The van der Waals surface area contributed by atoms with Crippen molar-refractivity contribution in [1.29, 1.82) is 0 Å². The average Bonchev–Trinajstić information content (AvgIpc) is 3.27. The maximum absolute atomic E-state index is 5.56. The van der Waals surface area contributed by atoms with Gasteiger partial charge in [0.05, 0.1) is 16.7 Å². The number of nitrogens with two attached hydrogens (primary N) is 1. The number of fused-ring (bicyclic) bond motifs is 1. The van der Waals surface area contributed by atoms with Gasteiger partial charge in [-0.1, -0.05) is 49.6 Å². The first kappa shape index (κ1) is 26.1. The van der Waals surface area contributed by atoms with Crippen molar-refractivity contribution in [2.75, 3.05) is 25.0 Å². The van der Waals surface area contributed by atoms with E-state index in [2.05, 4.69) is 45.9 Å². The molecule has 32 heavy (non-hydrogen) atoms. The van der Waals surface area contributed by atoms with Gasteiger partial charge >= 0.3 is 0 Å². The zero-order chi connectivity index (χ0) is 20.6. The molecule has 0 aliphatic carbocycles. The molecule has 0 saturated carbocycles. The van der Waals surface area contributed by atoms with Crippen LogP contribution in [0.5, 0.6) is 0 Å². The van der Waals surface area contributed by atoms with Crippen LogP contribution in [0.15, 0.2) is 42.6 Å².